The van der Waals surface area contributed by atoms with Crippen LogP contribution in [0.4, 0.5) is 69.9 Å². The first-order valence-electron chi connectivity index (χ1n) is 24.1. The van der Waals surface area contributed by atoms with Gasteiger partial charge in [-0.15, -0.1) is 0 Å². The molecule has 0 spiro atoms. The summed E-state index contributed by atoms with van der Waals surface area (Å²) in [5.41, 5.74) is 7.30. The van der Waals surface area contributed by atoms with Crippen molar-refractivity contribution < 1.29 is 76.5 Å². The molecule has 0 saturated heterocycles. The van der Waals surface area contributed by atoms with Crippen LogP contribution < -0.4 is 11.5 Å². The number of aromatic nitrogens is 5. The number of pyridine rings is 5. The molecule has 434 valence electrons. The van der Waals surface area contributed by atoms with Gasteiger partial charge in [0.05, 0.1) is 26.0 Å². The lowest BCUT2D eigenvalue weighted by atomic mass is 9.88. The Balaban J connectivity index is 0.000000203. The SMILES string of the molecule is CC1=N[C@](C)(c2nc(N)ccc2F)C[C@@H](C(F)(F)F)O1.[C-]#[N+]c1cnc(C(=O)Cc2ccc(F)c([C@]3(C)C[C@@H](C(F)(F)F)OC(C)=N3)n2)c(C)c1.[C-]#[N+]c1cnc(C(=O)Cc2ccc(F)c([C@]3(C)C[C@@H](C(F)(F)F)OC(N)=N3)n2)c(C)c1. The summed E-state index contributed by atoms with van der Waals surface area (Å²) in [4.78, 5) is 63.7. The first kappa shape index (κ1) is 62.4. The molecule has 0 amide bonds. The second kappa shape index (κ2) is 23.8. The number of halogens is 12. The van der Waals surface area contributed by atoms with E-state index in [1.54, 1.807) is 13.8 Å². The van der Waals surface area contributed by atoms with E-state index in [4.69, 9.17) is 29.3 Å². The van der Waals surface area contributed by atoms with Crippen molar-refractivity contribution in [2.24, 2.45) is 20.7 Å². The Kier molecular flexibility index (Phi) is 18.1. The van der Waals surface area contributed by atoms with Crippen LogP contribution in [-0.2, 0) is 43.7 Å². The Bertz CT molecular complexity index is 3290. The van der Waals surface area contributed by atoms with Crippen LogP contribution in [0.5, 0.6) is 0 Å². The lowest BCUT2D eigenvalue weighted by molar-refractivity contribution is -0.208. The highest BCUT2D eigenvalue weighted by Crippen LogP contribution is 2.43. The lowest BCUT2D eigenvalue weighted by Crippen LogP contribution is -2.46. The van der Waals surface area contributed by atoms with Gasteiger partial charge in [0.2, 0.25) is 11.4 Å². The fraction of sp³-hybridized carbons (Fsp3) is 0.396. The van der Waals surface area contributed by atoms with Gasteiger partial charge < -0.3 is 25.7 Å². The van der Waals surface area contributed by atoms with E-state index in [1.165, 1.54) is 77.3 Å². The number of amidine groups is 1. The Labute approximate surface area is 459 Å². The molecule has 0 unspecified atom stereocenters. The van der Waals surface area contributed by atoms with Gasteiger partial charge in [-0.3, -0.25) is 29.5 Å². The Hall–Kier alpha value is -8.76. The summed E-state index contributed by atoms with van der Waals surface area (Å²) in [5, 5.41) is 0. The van der Waals surface area contributed by atoms with Crippen molar-refractivity contribution in [3.05, 3.63) is 152 Å². The maximum atomic E-state index is 14.6. The minimum Gasteiger partial charge on any atom is -0.468 e. The molecule has 5 aromatic heterocycles. The van der Waals surface area contributed by atoms with Gasteiger partial charge >= 0.3 is 18.5 Å². The van der Waals surface area contributed by atoms with Crippen LogP contribution in [-0.4, -0.2) is 91.1 Å². The number of aliphatic imine (C=N–C) groups is 3. The number of nitrogen functional groups attached to an aromatic ring is 1. The summed E-state index contributed by atoms with van der Waals surface area (Å²) in [7, 11) is 0. The van der Waals surface area contributed by atoms with Gasteiger partial charge in [-0.25, -0.2) is 42.8 Å². The van der Waals surface area contributed by atoms with E-state index in [0.29, 0.717) is 11.1 Å². The highest BCUT2D eigenvalue weighted by atomic mass is 19.4. The first-order valence-corrected chi connectivity index (χ1v) is 24.1. The number of carbonyl (C=O) groups excluding carboxylic acids is 2. The molecular weight excluding hydrogens is 1110 g/mol. The van der Waals surface area contributed by atoms with Gasteiger partial charge in [-0.05, 0) is 94.3 Å². The van der Waals surface area contributed by atoms with Crippen LogP contribution in [0.1, 0.15) is 114 Å². The van der Waals surface area contributed by atoms with E-state index in [2.05, 4.69) is 59.1 Å². The number of nitrogens with zero attached hydrogens (tertiary/aromatic N) is 10. The molecule has 0 fully saturated rings. The number of nitrogens with two attached hydrogens (primary N) is 2. The van der Waals surface area contributed by atoms with Crippen molar-refractivity contribution >= 4 is 46.6 Å². The summed E-state index contributed by atoms with van der Waals surface area (Å²) < 4.78 is 175. The van der Waals surface area contributed by atoms with E-state index in [-0.39, 0.29) is 81.7 Å². The largest absolute Gasteiger partial charge is 0.468 e. The van der Waals surface area contributed by atoms with Gasteiger partial charge in [0.1, 0.15) is 68.4 Å². The van der Waals surface area contributed by atoms with Crippen molar-refractivity contribution in [3.63, 3.8) is 0 Å². The third kappa shape index (κ3) is 14.8. The molecule has 0 saturated carbocycles. The highest BCUT2D eigenvalue weighted by Gasteiger charge is 2.53. The minimum absolute atomic E-state index is 0.0190. The topological polar surface area (TPSA) is 224 Å². The standard InChI is InChI=1S/C21H18F4N4O2.C20H17F4N5O2.C12H13F4N3O/c1-11-7-14(26-4)10-27-18(11)16(30)8-13-5-6-15(22)19(28-13)20(3)9-17(21(23,24)25)31-12(2)29-20;1-10-6-12(26-3)9-27-16(10)14(30)7-11-4-5-13(21)17(28-11)19(2)8-15(20(22,23)24)31-18(25)29-19;1-6-19-11(2,5-8(20-6)12(14,15)16)10-7(13)3-4-9(17)18-10/h5-7,10,17H,8-9H2,1-3H3;4-6,9,15H,7-8H2,1-2H3,(H2,25,29);3-4,8H,5H2,1-2H3,(H2,17,18)/t17-,20-;15-,19-;8-,11-/m000/s1. The van der Waals surface area contributed by atoms with Crippen LogP contribution in [0.25, 0.3) is 9.69 Å². The van der Waals surface area contributed by atoms with Crippen molar-refractivity contribution in [1.82, 2.24) is 24.9 Å². The number of ether oxygens (including phenoxy) is 3. The number of rotatable bonds is 9. The van der Waals surface area contributed by atoms with E-state index in [0.717, 1.165) is 18.2 Å². The van der Waals surface area contributed by atoms with Gasteiger partial charge in [0, 0.05) is 56.9 Å². The quantitative estimate of drug-likeness (QED) is 0.0799. The van der Waals surface area contributed by atoms with Gasteiger partial charge in [0.25, 0.3) is 6.02 Å². The fourth-order valence-corrected chi connectivity index (χ4v) is 8.99. The predicted molar refractivity (Wildman–Crippen MR) is 270 cm³/mol. The van der Waals surface area contributed by atoms with Crippen molar-refractivity contribution in [3.8, 4) is 0 Å². The van der Waals surface area contributed by atoms with Crippen LogP contribution >= 0.6 is 0 Å². The molecule has 82 heavy (non-hydrogen) atoms. The predicted octanol–water partition coefficient (Wildman–Crippen LogP) is 11.5. The number of carbonyl (C=O) groups is 2. The molecule has 6 atom stereocenters. The van der Waals surface area contributed by atoms with Crippen LogP contribution in [0, 0.1) is 44.4 Å². The third-order valence-corrected chi connectivity index (χ3v) is 12.7. The number of hydrogen-bond acceptors (Lipinski definition) is 15. The monoisotopic (exact) mass is 1160 g/mol. The Morgan fingerprint density at radius 1 is 0.561 bits per heavy atom. The normalized spacial score (nSPS) is 22.5. The fourth-order valence-electron chi connectivity index (χ4n) is 8.99. The molecule has 0 radical (unpaired) electrons. The van der Waals surface area contributed by atoms with Crippen molar-refractivity contribution in [1.29, 1.82) is 0 Å². The Morgan fingerprint density at radius 2 is 0.902 bits per heavy atom. The molecule has 5 aromatic rings. The first-order chi connectivity index (χ1) is 38.0. The second-order valence-corrected chi connectivity index (χ2v) is 19.6. The van der Waals surface area contributed by atoms with Crippen molar-refractivity contribution in [2.45, 2.75) is 134 Å². The zero-order valence-corrected chi connectivity index (χ0v) is 44.2. The van der Waals surface area contributed by atoms with Gasteiger partial charge in [-0.2, -0.15) is 39.5 Å². The summed E-state index contributed by atoms with van der Waals surface area (Å²) in [6.07, 6.45) is -20.3. The van der Waals surface area contributed by atoms with E-state index in [1.807, 2.05) is 0 Å². The van der Waals surface area contributed by atoms with E-state index < -0.39 is 108 Å². The van der Waals surface area contributed by atoms with Crippen LogP contribution in [0.2, 0.25) is 0 Å². The zero-order valence-electron chi connectivity index (χ0n) is 44.2. The molecule has 29 heteroatoms. The maximum Gasteiger partial charge on any atom is 0.425 e. The summed E-state index contributed by atoms with van der Waals surface area (Å²) in [6.45, 7) is 23.8. The van der Waals surface area contributed by atoms with Crippen LogP contribution in [0.15, 0.2) is 75.9 Å². The number of alkyl halides is 9. The third-order valence-electron chi connectivity index (χ3n) is 12.7. The highest BCUT2D eigenvalue weighted by molar-refractivity contribution is 5.97. The van der Waals surface area contributed by atoms with E-state index in [9.17, 15) is 62.3 Å². The molecule has 3 aliphatic heterocycles. The zero-order chi connectivity index (χ0) is 61.1. The number of aryl methyl sites for hydroxylation is 2. The molecular formula is C53H48F12N12O5. The number of Topliss-reactive ketones (excluding diaryl/α,β-unsaturated/α-hetero) is 2. The summed E-state index contributed by atoms with van der Waals surface area (Å²) in [5.74, 6) is -3.67. The molecule has 8 heterocycles. The number of anilines is 1. The molecule has 0 aliphatic carbocycles. The molecule has 8 rings (SSSR count). The molecule has 4 N–H and O–H groups in total. The van der Waals surface area contributed by atoms with Gasteiger partial charge in [0.15, 0.2) is 41.7 Å². The van der Waals surface area contributed by atoms with Crippen molar-refractivity contribution in [2.75, 3.05) is 5.73 Å². The summed E-state index contributed by atoms with van der Waals surface area (Å²) in [6, 6.07) is 9.23. The minimum atomic E-state index is -4.73. The second-order valence-electron chi connectivity index (χ2n) is 19.6. The van der Waals surface area contributed by atoms with Gasteiger partial charge in [-0.1, -0.05) is 0 Å². The molecule has 0 aromatic carbocycles. The Morgan fingerprint density at radius 3 is 1.26 bits per heavy atom. The average Bonchev–Trinajstić information content (AvgIpc) is 3.57. The maximum absolute atomic E-state index is 14.6. The van der Waals surface area contributed by atoms with Crippen LogP contribution in [0.3, 0.4) is 0 Å². The molecule has 0 bridgehead atoms. The smallest absolute Gasteiger partial charge is 0.425 e. The van der Waals surface area contributed by atoms with E-state index >= 15 is 0 Å². The molecule has 17 nitrogen and oxygen atoms in total. The number of hydrogen-bond donors (Lipinski definition) is 2. The number of ketones is 2. The average molecular weight is 1160 g/mol. The summed E-state index contributed by atoms with van der Waals surface area (Å²) >= 11 is 0. The molecule has 3 aliphatic rings. The lowest BCUT2D eigenvalue weighted by Gasteiger charge is -2.35.